The molecule has 2 heterocycles. The van der Waals surface area contributed by atoms with Crippen molar-refractivity contribution in [3.63, 3.8) is 0 Å². The van der Waals surface area contributed by atoms with Gasteiger partial charge in [0.05, 0.1) is 18.2 Å². The van der Waals surface area contributed by atoms with Crippen LogP contribution < -0.4 is 15.9 Å². The second-order valence-corrected chi connectivity index (χ2v) is 6.96. The maximum absolute atomic E-state index is 12.0. The fourth-order valence-electron chi connectivity index (χ4n) is 2.96. The van der Waals surface area contributed by atoms with Crippen molar-refractivity contribution in [3.8, 4) is 5.75 Å². The fraction of sp³-hybridized carbons (Fsp3) is 0.412. The van der Waals surface area contributed by atoms with E-state index in [-0.39, 0.29) is 36.4 Å². The molecule has 0 aliphatic carbocycles. The summed E-state index contributed by atoms with van der Waals surface area (Å²) >= 11 is 0. The molecule has 0 spiro atoms. The molecule has 4 atom stereocenters. The third kappa shape index (κ3) is 4.66. The Morgan fingerprint density at radius 2 is 2.08 bits per heavy atom. The Morgan fingerprint density at radius 1 is 1.31 bits per heavy atom. The number of anilines is 1. The lowest BCUT2D eigenvalue weighted by Gasteiger charge is -2.34. The van der Waals surface area contributed by atoms with Crippen LogP contribution in [0.4, 0.5) is 5.82 Å². The molecule has 1 aromatic heterocycles. The van der Waals surface area contributed by atoms with Gasteiger partial charge in [0.2, 0.25) is 0 Å². The lowest BCUT2D eigenvalue weighted by Crippen LogP contribution is -2.40. The third-order valence-electron chi connectivity index (χ3n) is 4.23. The van der Waals surface area contributed by atoms with Crippen LogP contribution in [0, 0.1) is 0 Å². The molecule has 2 aromatic rings. The van der Waals surface area contributed by atoms with Gasteiger partial charge >= 0.3 is 13.9 Å². The van der Waals surface area contributed by atoms with Gasteiger partial charge in [-0.25, -0.2) is 9.32 Å². The van der Waals surface area contributed by atoms with Gasteiger partial charge in [-0.15, -0.1) is 4.52 Å². The molecule has 9 heteroatoms. The van der Waals surface area contributed by atoms with Crippen LogP contribution in [-0.2, 0) is 13.8 Å². The molecule has 0 radical (unpaired) electrons. The Hall–Kier alpha value is -2.28. The van der Waals surface area contributed by atoms with Crippen molar-refractivity contribution >= 4 is 14.1 Å². The third-order valence-corrected chi connectivity index (χ3v) is 4.95. The molecule has 0 amide bonds. The first-order valence-electron chi connectivity index (χ1n) is 8.36. The quantitative estimate of drug-likeness (QED) is 0.770. The van der Waals surface area contributed by atoms with E-state index in [1.54, 1.807) is 36.5 Å². The molecule has 2 N–H and O–H groups in total. The van der Waals surface area contributed by atoms with Gasteiger partial charge in [0.25, 0.3) is 0 Å². The molecule has 1 saturated heterocycles. The number of nitrogens with two attached hydrogens (primary N) is 1. The topological polar surface area (TPSA) is 106 Å². The predicted octanol–water partition coefficient (Wildman–Crippen LogP) is 2.69. The Kier molecular flexibility index (Phi) is 5.98. The smallest absolute Gasteiger partial charge is 0.383 e. The highest BCUT2D eigenvalue weighted by molar-refractivity contribution is 7.33. The van der Waals surface area contributed by atoms with Crippen LogP contribution in [0.5, 0.6) is 5.75 Å². The summed E-state index contributed by atoms with van der Waals surface area (Å²) in [6.45, 7) is 2.05. The van der Waals surface area contributed by atoms with E-state index in [1.165, 1.54) is 4.57 Å². The van der Waals surface area contributed by atoms with Gasteiger partial charge in [-0.05, 0) is 38.0 Å². The van der Waals surface area contributed by atoms with Gasteiger partial charge in [0.1, 0.15) is 12.4 Å². The van der Waals surface area contributed by atoms with Crippen LogP contribution in [0.3, 0.4) is 0 Å². The average molecular weight is 378 g/mol. The van der Waals surface area contributed by atoms with Gasteiger partial charge in [-0.1, -0.05) is 18.2 Å². The minimum Gasteiger partial charge on any atom is -0.383 e. The van der Waals surface area contributed by atoms with Gasteiger partial charge in [0, 0.05) is 10.8 Å². The summed E-state index contributed by atoms with van der Waals surface area (Å²) in [4.78, 5) is 15.7. The van der Waals surface area contributed by atoms with E-state index in [0.29, 0.717) is 12.2 Å². The van der Waals surface area contributed by atoms with Crippen molar-refractivity contribution in [2.75, 3.05) is 12.3 Å². The lowest BCUT2D eigenvalue weighted by atomic mass is 9.99. The van der Waals surface area contributed by atoms with Gasteiger partial charge in [0.15, 0.2) is 5.75 Å². The van der Waals surface area contributed by atoms with Crippen LogP contribution in [0.2, 0.25) is 0 Å². The molecular formula is C17H21N3O5P+. The monoisotopic (exact) mass is 378 g/mol. The average Bonchev–Trinajstić information content (AvgIpc) is 2.62. The van der Waals surface area contributed by atoms with Crippen LogP contribution in [0.25, 0.3) is 0 Å². The number of rotatable bonds is 6. The van der Waals surface area contributed by atoms with Crippen LogP contribution in [0.15, 0.2) is 47.4 Å². The minimum atomic E-state index is -2.27. The largest absolute Gasteiger partial charge is 0.750 e. The zero-order valence-corrected chi connectivity index (χ0v) is 15.2. The summed E-state index contributed by atoms with van der Waals surface area (Å²) in [7, 11) is -2.27. The number of ether oxygens (including phenoxy) is 1. The Balaban J connectivity index is 1.51. The van der Waals surface area contributed by atoms with E-state index in [1.807, 2.05) is 13.0 Å². The standard InChI is InChI=1S/C17H20N3O5P/c1-12-15(20-10-9-16(18)19-17(20)21)8-7-14(24-12)11-23-26(22)25-13-5-3-2-4-6-13/h2-6,9-10,12,14-15H,7-8,11H2,1H3,(H-,18,19,21)/p+1. The maximum atomic E-state index is 12.0. The van der Waals surface area contributed by atoms with E-state index in [2.05, 4.69) is 4.98 Å². The first-order chi connectivity index (χ1) is 12.5. The molecular weight excluding hydrogens is 357 g/mol. The second kappa shape index (κ2) is 8.40. The Bertz CT molecular complexity index is 814. The molecule has 1 aromatic carbocycles. The van der Waals surface area contributed by atoms with E-state index >= 15 is 0 Å². The normalized spacial score (nSPS) is 23.4. The molecule has 1 aliphatic rings. The van der Waals surface area contributed by atoms with Gasteiger partial charge in [-0.2, -0.15) is 4.98 Å². The number of benzene rings is 1. The summed E-state index contributed by atoms with van der Waals surface area (Å²) in [5.41, 5.74) is 5.14. The SMILES string of the molecule is CC1OC(CO[P+](=O)Oc2ccccc2)CCC1n1ccc(N)nc1=O. The highest BCUT2D eigenvalue weighted by Crippen LogP contribution is 2.32. The number of para-hydroxylation sites is 1. The predicted molar refractivity (Wildman–Crippen MR) is 96.1 cm³/mol. The number of hydrogen-bond acceptors (Lipinski definition) is 7. The lowest BCUT2D eigenvalue weighted by molar-refractivity contribution is -0.0847. The second-order valence-electron chi connectivity index (χ2n) is 6.07. The van der Waals surface area contributed by atoms with Gasteiger partial charge in [-0.3, -0.25) is 4.57 Å². The first-order valence-corrected chi connectivity index (χ1v) is 9.46. The summed E-state index contributed by atoms with van der Waals surface area (Å²) in [5, 5.41) is 0. The number of hydrogen-bond donors (Lipinski definition) is 1. The van der Waals surface area contributed by atoms with E-state index in [0.717, 1.165) is 6.42 Å². The highest BCUT2D eigenvalue weighted by atomic mass is 31.1. The molecule has 3 rings (SSSR count). The Morgan fingerprint density at radius 3 is 2.77 bits per heavy atom. The van der Waals surface area contributed by atoms with Crippen molar-refractivity contribution in [2.24, 2.45) is 0 Å². The number of nitrogens with zero attached hydrogens (tertiary/aromatic N) is 2. The summed E-state index contributed by atoms with van der Waals surface area (Å²) < 4.78 is 29.8. The molecule has 1 aliphatic heterocycles. The summed E-state index contributed by atoms with van der Waals surface area (Å²) in [5.74, 6) is 0.686. The summed E-state index contributed by atoms with van der Waals surface area (Å²) in [6.07, 6.45) is 2.60. The van der Waals surface area contributed by atoms with E-state index in [4.69, 9.17) is 19.5 Å². The molecule has 1 fully saturated rings. The van der Waals surface area contributed by atoms with Crippen molar-refractivity contribution in [3.05, 3.63) is 53.1 Å². The van der Waals surface area contributed by atoms with Crippen molar-refractivity contribution in [1.29, 1.82) is 0 Å². The Labute approximate surface area is 151 Å². The molecule has 138 valence electrons. The van der Waals surface area contributed by atoms with Crippen LogP contribution >= 0.6 is 8.25 Å². The number of nitrogen functional groups attached to an aromatic ring is 1. The molecule has 0 saturated carbocycles. The van der Waals surface area contributed by atoms with Gasteiger partial charge < -0.3 is 10.5 Å². The van der Waals surface area contributed by atoms with E-state index in [9.17, 15) is 9.36 Å². The van der Waals surface area contributed by atoms with E-state index < -0.39 is 8.25 Å². The highest BCUT2D eigenvalue weighted by Gasteiger charge is 2.33. The zero-order chi connectivity index (χ0) is 18.5. The molecule has 4 unspecified atom stereocenters. The molecule has 8 nitrogen and oxygen atoms in total. The fourth-order valence-corrected chi connectivity index (χ4v) is 3.59. The van der Waals surface area contributed by atoms with Crippen LogP contribution in [0.1, 0.15) is 25.8 Å². The number of aromatic nitrogens is 2. The zero-order valence-electron chi connectivity index (χ0n) is 14.4. The minimum absolute atomic E-state index is 0.124. The van der Waals surface area contributed by atoms with Crippen molar-refractivity contribution in [1.82, 2.24) is 9.55 Å². The first kappa shape index (κ1) is 18.5. The summed E-state index contributed by atoms with van der Waals surface area (Å²) in [6, 6.07) is 10.3. The molecule has 0 bridgehead atoms. The van der Waals surface area contributed by atoms with Crippen LogP contribution in [-0.4, -0.2) is 28.4 Å². The van der Waals surface area contributed by atoms with Crippen molar-refractivity contribution in [2.45, 2.75) is 38.0 Å². The van der Waals surface area contributed by atoms with Crippen molar-refractivity contribution < 1.29 is 18.3 Å². The molecule has 26 heavy (non-hydrogen) atoms. The maximum Gasteiger partial charge on any atom is 0.750 e.